The lowest BCUT2D eigenvalue weighted by molar-refractivity contribution is -0.119. The fourth-order valence-electron chi connectivity index (χ4n) is 3.73. The minimum atomic E-state index is -0.236. The first-order chi connectivity index (χ1) is 13.2. The predicted molar refractivity (Wildman–Crippen MR) is 109 cm³/mol. The molecule has 0 bridgehead atoms. The van der Waals surface area contributed by atoms with Crippen LogP contribution in [0.1, 0.15) is 35.4 Å². The Balaban J connectivity index is 1.85. The lowest BCUT2D eigenvalue weighted by atomic mass is 9.77. The van der Waals surface area contributed by atoms with E-state index in [1.165, 1.54) is 16.7 Å². The number of nitrogens with two attached hydrogens (primary N) is 1. The van der Waals surface area contributed by atoms with Gasteiger partial charge >= 0.3 is 0 Å². The van der Waals surface area contributed by atoms with Gasteiger partial charge in [0.05, 0.1) is 0 Å². The highest BCUT2D eigenvalue weighted by atomic mass is 16.1. The third kappa shape index (κ3) is 5.78. The van der Waals surface area contributed by atoms with Crippen molar-refractivity contribution in [2.24, 2.45) is 11.7 Å². The Kier molecular flexibility index (Phi) is 6.75. The van der Waals surface area contributed by atoms with Crippen LogP contribution < -0.4 is 5.73 Å². The van der Waals surface area contributed by atoms with Gasteiger partial charge in [-0.25, -0.2) is 0 Å². The van der Waals surface area contributed by atoms with Crippen molar-refractivity contribution in [1.82, 2.24) is 4.98 Å². The number of amides is 1. The number of aryl methyl sites for hydroxylation is 1. The van der Waals surface area contributed by atoms with Crippen LogP contribution in [-0.4, -0.2) is 10.9 Å². The summed E-state index contributed by atoms with van der Waals surface area (Å²) in [5.41, 5.74) is 9.34. The Morgan fingerprint density at radius 3 is 2.19 bits per heavy atom. The van der Waals surface area contributed by atoms with E-state index in [1.54, 1.807) is 6.20 Å². The topological polar surface area (TPSA) is 56.0 Å². The summed E-state index contributed by atoms with van der Waals surface area (Å²) in [6, 6.07) is 24.9. The van der Waals surface area contributed by atoms with Crippen LogP contribution in [0.4, 0.5) is 0 Å². The molecule has 2 unspecified atom stereocenters. The summed E-state index contributed by atoms with van der Waals surface area (Å²) in [6.07, 6.45) is 6.81. The van der Waals surface area contributed by atoms with E-state index in [0.29, 0.717) is 6.42 Å². The van der Waals surface area contributed by atoms with E-state index in [0.717, 1.165) is 19.3 Å². The van der Waals surface area contributed by atoms with Gasteiger partial charge < -0.3 is 5.73 Å². The number of benzene rings is 2. The number of nitrogens with zero attached hydrogens (tertiary/aromatic N) is 1. The molecule has 0 saturated carbocycles. The van der Waals surface area contributed by atoms with Crippen molar-refractivity contribution < 1.29 is 4.79 Å². The molecule has 0 saturated heterocycles. The van der Waals surface area contributed by atoms with Gasteiger partial charge in [-0.05, 0) is 53.9 Å². The summed E-state index contributed by atoms with van der Waals surface area (Å²) in [5.74, 6) is 0.178. The van der Waals surface area contributed by atoms with Gasteiger partial charge in [-0.2, -0.15) is 0 Å². The monoisotopic (exact) mass is 358 g/mol. The minimum Gasteiger partial charge on any atom is -0.370 e. The molecule has 1 aromatic heterocycles. The second-order valence-corrected chi connectivity index (χ2v) is 7.04. The van der Waals surface area contributed by atoms with Crippen LogP contribution in [-0.2, 0) is 17.6 Å². The molecule has 2 N–H and O–H groups in total. The van der Waals surface area contributed by atoms with Crippen molar-refractivity contribution in [2.45, 2.75) is 31.6 Å². The molecule has 1 heterocycles. The van der Waals surface area contributed by atoms with Gasteiger partial charge in [-0.3, -0.25) is 9.78 Å². The van der Waals surface area contributed by atoms with E-state index >= 15 is 0 Å². The Morgan fingerprint density at radius 2 is 1.56 bits per heavy atom. The first-order valence-corrected chi connectivity index (χ1v) is 9.48. The van der Waals surface area contributed by atoms with Gasteiger partial charge in [0.2, 0.25) is 5.91 Å². The highest BCUT2D eigenvalue weighted by Gasteiger charge is 2.25. The highest BCUT2D eigenvalue weighted by Crippen LogP contribution is 2.34. The van der Waals surface area contributed by atoms with Gasteiger partial charge in [0.1, 0.15) is 0 Å². The van der Waals surface area contributed by atoms with Crippen LogP contribution in [0.3, 0.4) is 0 Å². The van der Waals surface area contributed by atoms with Gasteiger partial charge in [0.25, 0.3) is 0 Å². The lowest BCUT2D eigenvalue weighted by Gasteiger charge is -2.27. The molecule has 0 aliphatic rings. The van der Waals surface area contributed by atoms with E-state index in [2.05, 4.69) is 59.6 Å². The van der Waals surface area contributed by atoms with E-state index in [9.17, 15) is 4.79 Å². The predicted octanol–water partition coefficient (Wildman–Crippen LogP) is 4.53. The van der Waals surface area contributed by atoms with Gasteiger partial charge in [0, 0.05) is 18.8 Å². The summed E-state index contributed by atoms with van der Waals surface area (Å²) in [6.45, 7) is 0. The number of primary amides is 1. The number of pyridine rings is 1. The van der Waals surface area contributed by atoms with Crippen molar-refractivity contribution in [3.63, 3.8) is 0 Å². The van der Waals surface area contributed by atoms with E-state index in [-0.39, 0.29) is 17.7 Å². The molecule has 3 heteroatoms. The van der Waals surface area contributed by atoms with Crippen molar-refractivity contribution >= 4 is 5.91 Å². The number of hydrogen-bond donors (Lipinski definition) is 1. The third-order valence-corrected chi connectivity index (χ3v) is 5.09. The quantitative estimate of drug-likeness (QED) is 0.611. The van der Waals surface area contributed by atoms with E-state index < -0.39 is 0 Å². The van der Waals surface area contributed by atoms with Crippen molar-refractivity contribution in [3.8, 4) is 0 Å². The maximum Gasteiger partial charge on any atom is 0.217 e. The maximum absolute atomic E-state index is 11.8. The molecule has 3 rings (SSSR count). The molecule has 3 aromatic rings. The van der Waals surface area contributed by atoms with Gasteiger partial charge in [-0.1, -0.05) is 66.7 Å². The lowest BCUT2D eigenvalue weighted by Crippen LogP contribution is -2.23. The second kappa shape index (κ2) is 9.67. The number of rotatable bonds is 9. The molecule has 1 amide bonds. The molecule has 0 spiro atoms. The Labute approximate surface area is 161 Å². The molecule has 2 aromatic carbocycles. The molecule has 2 atom stereocenters. The summed E-state index contributed by atoms with van der Waals surface area (Å²) in [5, 5.41) is 0. The number of hydrogen-bond acceptors (Lipinski definition) is 2. The normalized spacial score (nSPS) is 13.0. The number of carbonyl (C=O) groups is 1. The summed E-state index contributed by atoms with van der Waals surface area (Å²) in [4.78, 5) is 16.1. The summed E-state index contributed by atoms with van der Waals surface area (Å²) < 4.78 is 0. The first kappa shape index (κ1) is 18.8. The molecule has 0 aliphatic heterocycles. The Bertz CT molecular complexity index is 819. The average molecular weight is 358 g/mol. The zero-order chi connectivity index (χ0) is 18.9. The number of carbonyl (C=O) groups excluding carboxylic acids is 1. The standard InChI is InChI=1S/C24H26N2O/c25-24(27)17-22(14-13-19-8-3-1-4-9-19)23(21-11-5-2-6-12-21)16-20-10-7-15-26-18-20/h1-12,15,18,22-23H,13-14,16-17H2,(H2,25,27). The average Bonchev–Trinajstić information content (AvgIpc) is 2.71. The van der Waals surface area contributed by atoms with Crippen LogP contribution in [0.15, 0.2) is 85.2 Å². The molecular weight excluding hydrogens is 332 g/mol. The zero-order valence-electron chi connectivity index (χ0n) is 15.5. The van der Waals surface area contributed by atoms with Crippen LogP contribution in [0.5, 0.6) is 0 Å². The van der Waals surface area contributed by atoms with Gasteiger partial charge in [0.15, 0.2) is 0 Å². The summed E-state index contributed by atoms with van der Waals surface area (Å²) in [7, 11) is 0. The van der Waals surface area contributed by atoms with Crippen molar-refractivity contribution in [3.05, 3.63) is 102 Å². The van der Waals surface area contributed by atoms with Crippen LogP contribution in [0, 0.1) is 5.92 Å². The molecule has 138 valence electrons. The highest BCUT2D eigenvalue weighted by molar-refractivity contribution is 5.74. The largest absolute Gasteiger partial charge is 0.370 e. The molecular formula is C24H26N2O. The van der Waals surface area contributed by atoms with Crippen LogP contribution in [0.25, 0.3) is 0 Å². The van der Waals surface area contributed by atoms with Crippen LogP contribution >= 0.6 is 0 Å². The molecule has 3 nitrogen and oxygen atoms in total. The zero-order valence-corrected chi connectivity index (χ0v) is 15.5. The second-order valence-electron chi connectivity index (χ2n) is 7.04. The smallest absolute Gasteiger partial charge is 0.217 e. The fraction of sp³-hybridized carbons (Fsp3) is 0.250. The van der Waals surface area contributed by atoms with Crippen molar-refractivity contribution in [2.75, 3.05) is 0 Å². The molecule has 27 heavy (non-hydrogen) atoms. The molecule has 0 radical (unpaired) electrons. The van der Waals surface area contributed by atoms with Crippen molar-refractivity contribution in [1.29, 1.82) is 0 Å². The molecule has 0 fully saturated rings. The minimum absolute atomic E-state index is 0.185. The first-order valence-electron chi connectivity index (χ1n) is 9.48. The van der Waals surface area contributed by atoms with Crippen LogP contribution in [0.2, 0.25) is 0 Å². The summed E-state index contributed by atoms with van der Waals surface area (Å²) >= 11 is 0. The maximum atomic E-state index is 11.8. The van der Waals surface area contributed by atoms with Gasteiger partial charge in [-0.15, -0.1) is 0 Å². The van der Waals surface area contributed by atoms with E-state index in [4.69, 9.17) is 5.73 Å². The third-order valence-electron chi connectivity index (χ3n) is 5.09. The Hall–Kier alpha value is -2.94. The number of aromatic nitrogens is 1. The van der Waals surface area contributed by atoms with E-state index in [1.807, 2.05) is 24.4 Å². The fourth-order valence-corrected chi connectivity index (χ4v) is 3.73. The SMILES string of the molecule is NC(=O)CC(CCc1ccccc1)C(Cc1cccnc1)c1ccccc1. The Morgan fingerprint density at radius 1 is 0.889 bits per heavy atom. The molecule has 0 aliphatic carbocycles.